The van der Waals surface area contributed by atoms with Crippen molar-refractivity contribution in [2.45, 2.75) is 19.4 Å². The number of carbonyl (C=O) groups is 1. The van der Waals surface area contributed by atoms with Crippen molar-refractivity contribution in [3.05, 3.63) is 39.5 Å². The fourth-order valence-electron chi connectivity index (χ4n) is 3.06. The molecule has 1 aromatic heterocycles. The predicted molar refractivity (Wildman–Crippen MR) is 98.8 cm³/mol. The summed E-state index contributed by atoms with van der Waals surface area (Å²) >= 11 is 0. The van der Waals surface area contributed by atoms with E-state index >= 15 is 0 Å². The van der Waals surface area contributed by atoms with Crippen LogP contribution in [0.15, 0.2) is 27.4 Å². The van der Waals surface area contributed by atoms with E-state index in [-0.39, 0.29) is 11.3 Å². The number of hydrogen-bond acceptors (Lipinski definition) is 6. The Morgan fingerprint density at radius 1 is 1.27 bits per heavy atom. The van der Waals surface area contributed by atoms with Gasteiger partial charge < -0.3 is 24.1 Å². The van der Waals surface area contributed by atoms with Crippen LogP contribution in [0.4, 0.5) is 5.88 Å². The summed E-state index contributed by atoms with van der Waals surface area (Å²) < 4.78 is 11.4. The van der Waals surface area contributed by atoms with Gasteiger partial charge in [0.1, 0.15) is 5.58 Å². The van der Waals surface area contributed by atoms with Gasteiger partial charge >= 0.3 is 0 Å². The number of fused-ring (bicyclic) bond motifs is 1. The number of amides is 1. The van der Waals surface area contributed by atoms with Gasteiger partial charge in [-0.15, -0.1) is 0 Å². The standard InChI is InChI=1S/C19H24N2O5/c1-4-15(22)13-9-12(19(24)20(2)3)10-14-16(23)11-17(26-18(13)14)21-5-7-25-8-6-21/h9-11,15,22H,4-8H2,1-3H3. The van der Waals surface area contributed by atoms with Gasteiger partial charge in [-0.05, 0) is 18.6 Å². The smallest absolute Gasteiger partial charge is 0.253 e. The highest BCUT2D eigenvalue weighted by Gasteiger charge is 2.21. The summed E-state index contributed by atoms with van der Waals surface area (Å²) in [5.74, 6) is 0.232. The second kappa shape index (κ2) is 7.47. The van der Waals surface area contributed by atoms with E-state index < -0.39 is 6.10 Å². The van der Waals surface area contributed by atoms with E-state index in [9.17, 15) is 14.7 Å². The minimum Gasteiger partial charge on any atom is -0.440 e. The van der Waals surface area contributed by atoms with Crippen LogP contribution in [0.2, 0.25) is 0 Å². The lowest BCUT2D eigenvalue weighted by Gasteiger charge is -2.27. The maximum atomic E-state index is 12.7. The first-order chi connectivity index (χ1) is 12.4. The molecule has 1 amide bonds. The lowest BCUT2D eigenvalue weighted by Crippen LogP contribution is -2.36. The van der Waals surface area contributed by atoms with E-state index in [2.05, 4.69) is 0 Å². The van der Waals surface area contributed by atoms with E-state index in [0.29, 0.717) is 60.7 Å². The average molecular weight is 360 g/mol. The summed E-state index contributed by atoms with van der Waals surface area (Å²) in [6, 6.07) is 4.60. The second-order valence-electron chi connectivity index (χ2n) is 6.61. The molecule has 0 aliphatic carbocycles. The van der Waals surface area contributed by atoms with Crippen LogP contribution in [0.25, 0.3) is 11.0 Å². The Bertz CT molecular complexity index is 868. The Hall–Kier alpha value is -2.38. The molecule has 2 aromatic rings. The molecular formula is C19H24N2O5. The quantitative estimate of drug-likeness (QED) is 0.895. The molecule has 7 nitrogen and oxygen atoms in total. The number of anilines is 1. The molecule has 1 aromatic carbocycles. The zero-order chi connectivity index (χ0) is 18.8. The topological polar surface area (TPSA) is 83.2 Å². The molecule has 1 unspecified atom stereocenters. The largest absolute Gasteiger partial charge is 0.440 e. The fourth-order valence-corrected chi connectivity index (χ4v) is 3.06. The highest BCUT2D eigenvalue weighted by molar-refractivity contribution is 5.98. The molecule has 2 heterocycles. The highest BCUT2D eigenvalue weighted by atomic mass is 16.5. The number of rotatable bonds is 4. The Morgan fingerprint density at radius 3 is 2.58 bits per heavy atom. The maximum Gasteiger partial charge on any atom is 0.253 e. The molecule has 0 saturated carbocycles. The van der Waals surface area contributed by atoms with Gasteiger partial charge in [0, 0.05) is 44.4 Å². The number of ether oxygens (including phenoxy) is 1. The van der Waals surface area contributed by atoms with Crippen LogP contribution in [-0.2, 0) is 4.74 Å². The summed E-state index contributed by atoms with van der Waals surface area (Å²) in [6.45, 7) is 4.25. The number of benzene rings is 1. The van der Waals surface area contributed by atoms with Gasteiger partial charge in [0.05, 0.1) is 24.7 Å². The van der Waals surface area contributed by atoms with Crippen LogP contribution in [0.1, 0.15) is 35.4 Å². The van der Waals surface area contributed by atoms with E-state index in [4.69, 9.17) is 9.15 Å². The summed E-state index contributed by atoms with van der Waals surface area (Å²) in [7, 11) is 3.29. The maximum absolute atomic E-state index is 12.7. The van der Waals surface area contributed by atoms with Crippen molar-refractivity contribution in [2.75, 3.05) is 45.3 Å². The number of morpholine rings is 1. The number of aliphatic hydroxyl groups is 1. The van der Waals surface area contributed by atoms with Gasteiger partial charge in [-0.3, -0.25) is 9.59 Å². The van der Waals surface area contributed by atoms with Crippen LogP contribution in [0.3, 0.4) is 0 Å². The SMILES string of the molecule is CCC(O)c1cc(C(=O)N(C)C)cc2c(=O)cc(N3CCOCC3)oc12. The van der Waals surface area contributed by atoms with Gasteiger partial charge in [-0.1, -0.05) is 6.92 Å². The number of hydrogen-bond donors (Lipinski definition) is 1. The minimum atomic E-state index is -0.824. The van der Waals surface area contributed by atoms with Crippen molar-refractivity contribution in [2.24, 2.45) is 0 Å². The van der Waals surface area contributed by atoms with Crippen LogP contribution >= 0.6 is 0 Å². The Morgan fingerprint density at radius 2 is 1.96 bits per heavy atom. The Kier molecular flexibility index (Phi) is 5.29. The molecule has 1 saturated heterocycles. The van der Waals surface area contributed by atoms with Gasteiger partial charge in [0.25, 0.3) is 5.91 Å². The molecule has 1 atom stereocenters. The number of nitrogens with zero attached hydrogens (tertiary/aromatic N) is 2. The molecule has 1 aliphatic rings. The van der Waals surface area contributed by atoms with Crippen molar-refractivity contribution < 1.29 is 19.1 Å². The summed E-state index contributed by atoms with van der Waals surface area (Å²) in [5.41, 5.74) is 0.924. The van der Waals surface area contributed by atoms with E-state index in [1.807, 2.05) is 11.8 Å². The van der Waals surface area contributed by atoms with E-state index in [1.54, 1.807) is 26.2 Å². The molecule has 0 radical (unpaired) electrons. The minimum absolute atomic E-state index is 0.229. The van der Waals surface area contributed by atoms with E-state index in [0.717, 1.165) is 0 Å². The van der Waals surface area contributed by atoms with Gasteiger partial charge in [0.15, 0.2) is 11.3 Å². The third-order valence-electron chi connectivity index (χ3n) is 4.57. The van der Waals surface area contributed by atoms with Crippen LogP contribution in [-0.4, -0.2) is 56.3 Å². The highest BCUT2D eigenvalue weighted by Crippen LogP contribution is 2.30. The first-order valence-corrected chi connectivity index (χ1v) is 8.76. The van der Waals surface area contributed by atoms with Gasteiger partial charge in [-0.2, -0.15) is 0 Å². The van der Waals surface area contributed by atoms with Crippen LogP contribution in [0, 0.1) is 0 Å². The molecule has 1 fully saturated rings. The lowest BCUT2D eigenvalue weighted by atomic mass is 9.99. The van der Waals surface area contributed by atoms with Crippen molar-refractivity contribution in [3.8, 4) is 0 Å². The predicted octanol–water partition coefficient (Wildman–Crippen LogP) is 1.77. The second-order valence-corrected chi connectivity index (χ2v) is 6.61. The molecule has 7 heteroatoms. The fraction of sp³-hybridized carbons (Fsp3) is 0.474. The lowest BCUT2D eigenvalue weighted by molar-refractivity contribution is 0.0827. The molecule has 1 aliphatic heterocycles. The van der Waals surface area contributed by atoms with Crippen molar-refractivity contribution in [3.63, 3.8) is 0 Å². The first-order valence-electron chi connectivity index (χ1n) is 8.76. The summed E-state index contributed by atoms with van der Waals surface area (Å²) in [4.78, 5) is 28.5. The number of aliphatic hydroxyl groups excluding tert-OH is 1. The van der Waals surface area contributed by atoms with Gasteiger partial charge in [0.2, 0.25) is 0 Å². The normalized spacial score (nSPS) is 15.9. The van der Waals surface area contributed by atoms with Crippen LogP contribution in [0.5, 0.6) is 0 Å². The third-order valence-corrected chi connectivity index (χ3v) is 4.57. The molecule has 140 valence electrons. The van der Waals surface area contributed by atoms with Crippen molar-refractivity contribution in [1.29, 1.82) is 0 Å². The van der Waals surface area contributed by atoms with Crippen LogP contribution < -0.4 is 10.3 Å². The third kappa shape index (κ3) is 3.45. The molecule has 0 bridgehead atoms. The zero-order valence-corrected chi connectivity index (χ0v) is 15.3. The monoisotopic (exact) mass is 360 g/mol. The summed E-state index contributed by atoms with van der Waals surface area (Å²) in [5, 5.41) is 10.7. The molecular weight excluding hydrogens is 336 g/mol. The number of carbonyl (C=O) groups excluding carboxylic acids is 1. The Balaban J connectivity index is 2.20. The summed E-state index contributed by atoms with van der Waals surface area (Å²) in [6.07, 6.45) is -0.379. The Labute approximate surface area is 151 Å². The zero-order valence-electron chi connectivity index (χ0n) is 15.3. The van der Waals surface area contributed by atoms with Crippen molar-refractivity contribution in [1.82, 2.24) is 4.90 Å². The molecule has 0 spiro atoms. The van der Waals surface area contributed by atoms with Crippen molar-refractivity contribution >= 4 is 22.8 Å². The average Bonchev–Trinajstić information content (AvgIpc) is 2.66. The van der Waals surface area contributed by atoms with Gasteiger partial charge in [-0.25, -0.2) is 0 Å². The molecule has 3 rings (SSSR count). The van der Waals surface area contributed by atoms with E-state index in [1.165, 1.54) is 11.0 Å². The molecule has 1 N–H and O–H groups in total. The first kappa shape index (κ1) is 18.4. The molecule has 26 heavy (non-hydrogen) atoms.